The Morgan fingerprint density at radius 2 is 2.08 bits per heavy atom. The SMILES string of the molecule is CCCCc1nc(O)c(C(=O)N2CCC(c3ncc(F)cc3F)C2)c(=O)n1[C@@H](CC)c1cccc(C#N)c1. The maximum Gasteiger partial charge on any atom is 0.270 e. The molecule has 1 aromatic carbocycles. The van der Waals surface area contributed by atoms with E-state index >= 15 is 0 Å². The molecule has 2 atom stereocenters. The highest BCUT2D eigenvalue weighted by molar-refractivity contribution is 5.96. The Balaban J connectivity index is 1.74. The van der Waals surface area contributed by atoms with Gasteiger partial charge in [0, 0.05) is 31.5 Å². The van der Waals surface area contributed by atoms with E-state index in [1.54, 1.807) is 18.2 Å². The van der Waals surface area contributed by atoms with Gasteiger partial charge in [-0.1, -0.05) is 32.4 Å². The average Bonchev–Trinajstić information content (AvgIpc) is 3.39. The van der Waals surface area contributed by atoms with E-state index in [1.807, 2.05) is 19.9 Å². The first kappa shape index (κ1) is 26.9. The van der Waals surface area contributed by atoms with Crippen LogP contribution in [0.1, 0.15) is 84.5 Å². The van der Waals surface area contributed by atoms with Crippen LogP contribution in [0.2, 0.25) is 0 Å². The second-order valence-electron chi connectivity index (χ2n) is 9.42. The summed E-state index contributed by atoms with van der Waals surface area (Å²) in [7, 11) is 0. The number of pyridine rings is 1. The third-order valence-corrected chi connectivity index (χ3v) is 6.93. The lowest BCUT2D eigenvalue weighted by atomic mass is 10.0. The largest absolute Gasteiger partial charge is 0.493 e. The molecule has 1 saturated heterocycles. The van der Waals surface area contributed by atoms with Crippen molar-refractivity contribution in [3.8, 4) is 11.9 Å². The number of rotatable bonds is 8. The number of carbonyl (C=O) groups is 1. The van der Waals surface area contributed by atoms with Crippen LogP contribution in [0.5, 0.6) is 5.88 Å². The normalized spacial score (nSPS) is 15.9. The number of benzene rings is 1. The van der Waals surface area contributed by atoms with Gasteiger partial charge in [-0.05, 0) is 37.0 Å². The fourth-order valence-electron chi connectivity index (χ4n) is 5.02. The number of halogens is 2. The van der Waals surface area contributed by atoms with E-state index in [0.717, 1.165) is 30.7 Å². The summed E-state index contributed by atoms with van der Waals surface area (Å²) in [5.41, 5.74) is 0.0961. The minimum atomic E-state index is -0.790. The van der Waals surface area contributed by atoms with E-state index in [1.165, 1.54) is 9.47 Å². The first-order valence-electron chi connectivity index (χ1n) is 12.7. The van der Waals surface area contributed by atoms with Gasteiger partial charge in [-0.3, -0.25) is 19.1 Å². The molecule has 198 valence electrons. The molecule has 0 saturated carbocycles. The number of nitrogens with zero attached hydrogens (tertiary/aromatic N) is 5. The second kappa shape index (κ2) is 11.5. The van der Waals surface area contributed by atoms with Gasteiger partial charge in [0.05, 0.1) is 29.6 Å². The Labute approximate surface area is 219 Å². The summed E-state index contributed by atoms with van der Waals surface area (Å²) in [6, 6.07) is 9.27. The molecule has 8 nitrogen and oxygen atoms in total. The molecule has 0 aliphatic carbocycles. The van der Waals surface area contributed by atoms with E-state index in [0.29, 0.717) is 30.7 Å². The summed E-state index contributed by atoms with van der Waals surface area (Å²) in [5, 5.41) is 20.1. The summed E-state index contributed by atoms with van der Waals surface area (Å²) in [5.74, 6) is -3.04. The number of aryl methyl sites for hydroxylation is 1. The van der Waals surface area contributed by atoms with Crippen LogP contribution in [-0.4, -0.2) is 43.5 Å². The van der Waals surface area contributed by atoms with E-state index < -0.39 is 46.5 Å². The number of aromatic nitrogens is 3. The standard InChI is InChI=1S/C28H29F2N5O3/c1-3-5-9-23-33-26(36)24(28(38)35(23)22(4-2)18-8-6-7-17(12-18)14-31)27(37)34-11-10-19(16-34)25-21(30)13-20(29)15-32-25/h6-8,12-13,15,19,22,36H,3-5,9-11,16H2,1-2H3/t19?,22-/m0/s1. The number of likely N-dealkylation sites (tertiary alicyclic amines) is 1. The van der Waals surface area contributed by atoms with Crippen molar-refractivity contribution in [1.82, 2.24) is 19.4 Å². The molecule has 1 aliphatic rings. The molecular formula is C28H29F2N5O3. The fraction of sp³-hybridized carbons (Fsp3) is 0.393. The van der Waals surface area contributed by atoms with Gasteiger partial charge in [-0.2, -0.15) is 10.2 Å². The third kappa shape index (κ3) is 5.28. The molecule has 10 heteroatoms. The van der Waals surface area contributed by atoms with E-state index in [9.17, 15) is 28.7 Å². The van der Waals surface area contributed by atoms with Gasteiger partial charge in [-0.15, -0.1) is 0 Å². The van der Waals surface area contributed by atoms with E-state index in [2.05, 4.69) is 16.0 Å². The zero-order valence-electron chi connectivity index (χ0n) is 21.3. The monoisotopic (exact) mass is 521 g/mol. The molecule has 3 heterocycles. The highest BCUT2D eigenvalue weighted by Gasteiger charge is 2.35. The van der Waals surface area contributed by atoms with Crippen LogP contribution in [-0.2, 0) is 6.42 Å². The molecule has 3 aromatic rings. The van der Waals surface area contributed by atoms with Crippen LogP contribution in [0.3, 0.4) is 0 Å². The Morgan fingerprint density at radius 1 is 1.29 bits per heavy atom. The molecule has 38 heavy (non-hydrogen) atoms. The van der Waals surface area contributed by atoms with Gasteiger partial charge in [0.1, 0.15) is 17.5 Å². The van der Waals surface area contributed by atoms with Gasteiger partial charge in [-0.25, -0.2) is 8.78 Å². The lowest BCUT2D eigenvalue weighted by molar-refractivity contribution is 0.0783. The van der Waals surface area contributed by atoms with Crippen molar-refractivity contribution >= 4 is 5.91 Å². The maximum absolute atomic E-state index is 14.3. The molecular weight excluding hydrogens is 492 g/mol. The minimum absolute atomic E-state index is 0.0554. The fourth-order valence-corrected chi connectivity index (χ4v) is 5.02. The van der Waals surface area contributed by atoms with Crippen molar-refractivity contribution in [2.24, 2.45) is 0 Å². The van der Waals surface area contributed by atoms with Gasteiger partial charge < -0.3 is 10.0 Å². The van der Waals surface area contributed by atoms with Crippen LogP contribution in [0, 0.1) is 23.0 Å². The molecule has 0 bridgehead atoms. The lowest BCUT2D eigenvalue weighted by Crippen LogP contribution is -2.38. The highest BCUT2D eigenvalue weighted by atomic mass is 19.1. The Morgan fingerprint density at radius 3 is 2.76 bits per heavy atom. The molecule has 4 rings (SSSR count). The predicted molar refractivity (Wildman–Crippen MR) is 136 cm³/mol. The van der Waals surface area contributed by atoms with E-state index in [-0.39, 0.29) is 18.8 Å². The van der Waals surface area contributed by atoms with Gasteiger partial charge in [0.2, 0.25) is 5.88 Å². The van der Waals surface area contributed by atoms with Crippen molar-refractivity contribution in [2.75, 3.05) is 13.1 Å². The van der Waals surface area contributed by atoms with Crippen molar-refractivity contribution < 1.29 is 18.7 Å². The number of unbranched alkanes of at least 4 members (excludes halogenated alkanes) is 1. The number of hydrogen-bond donors (Lipinski definition) is 1. The number of hydrogen-bond acceptors (Lipinski definition) is 6. The second-order valence-corrected chi connectivity index (χ2v) is 9.42. The lowest BCUT2D eigenvalue weighted by Gasteiger charge is -2.24. The Kier molecular flexibility index (Phi) is 8.15. The topological polar surface area (TPSA) is 112 Å². The molecule has 1 fully saturated rings. The molecule has 1 unspecified atom stereocenters. The van der Waals surface area contributed by atoms with E-state index in [4.69, 9.17) is 0 Å². The van der Waals surface area contributed by atoms with Crippen LogP contribution in [0.4, 0.5) is 8.78 Å². The summed E-state index contributed by atoms with van der Waals surface area (Å²) in [4.78, 5) is 36.9. The number of aromatic hydroxyl groups is 1. The van der Waals surface area contributed by atoms with Crippen molar-refractivity contribution in [3.63, 3.8) is 0 Å². The van der Waals surface area contributed by atoms with Crippen molar-refractivity contribution in [3.05, 3.63) is 86.7 Å². The quantitative estimate of drug-likeness (QED) is 0.468. The summed E-state index contributed by atoms with van der Waals surface area (Å²) < 4.78 is 29.0. The minimum Gasteiger partial charge on any atom is -0.493 e. The first-order valence-corrected chi connectivity index (χ1v) is 12.7. The van der Waals surface area contributed by atoms with Crippen LogP contribution < -0.4 is 5.56 Å². The molecule has 2 aromatic heterocycles. The molecule has 1 amide bonds. The maximum atomic E-state index is 14.3. The third-order valence-electron chi connectivity index (χ3n) is 6.93. The molecule has 0 spiro atoms. The number of carbonyl (C=O) groups excluding carboxylic acids is 1. The van der Waals surface area contributed by atoms with Gasteiger partial charge in [0.25, 0.3) is 11.5 Å². The van der Waals surface area contributed by atoms with Crippen LogP contribution >= 0.6 is 0 Å². The Bertz CT molecular complexity index is 1450. The Hall–Kier alpha value is -4.13. The molecule has 0 radical (unpaired) electrons. The van der Waals surface area contributed by atoms with Crippen LogP contribution in [0.25, 0.3) is 0 Å². The molecule has 1 N–H and O–H groups in total. The van der Waals surface area contributed by atoms with Crippen LogP contribution in [0.15, 0.2) is 41.3 Å². The van der Waals surface area contributed by atoms with Crippen molar-refractivity contribution in [1.29, 1.82) is 5.26 Å². The summed E-state index contributed by atoms with van der Waals surface area (Å²) in [6.07, 6.45) is 3.76. The first-order chi connectivity index (χ1) is 18.3. The molecule has 1 aliphatic heterocycles. The predicted octanol–water partition coefficient (Wildman–Crippen LogP) is 4.47. The smallest absolute Gasteiger partial charge is 0.270 e. The van der Waals surface area contributed by atoms with Crippen molar-refractivity contribution in [2.45, 2.75) is 57.9 Å². The highest BCUT2D eigenvalue weighted by Crippen LogP contribution is 2.30. The average molecular weight is 522 g/mol. The van der Waals surface area contributed by atoms with Gasteiger partial charge >= 0.3 is 0 Å². The van der Waals surface area contributed by atoms with Gasteiger partial charge in [0.15, 0.2) is 5.56 Å². The zero-order valence-corrected chi connectivity index (χ0v) is 21.3. The summed E-state index contributed by atoms with van der Waals surface area (Å²) >= 11 is 0. The number of amides is 1. The number of nitriles is 1. The zero-order chi connectivity index (χ0) is 27.4. The summed E-state index contributed by atoms with van der Waals surface area (Å²) in [6.45, 7) is 4.16.